The first-order valence-corrected chi connectivity index (χ1v) is 6.92. The van der Waals surface area contributed by atoms with E-state index in [-0.39, 0.29) is 12.0 Å². The third kappa shape index (κ3) is 3.20. The quantitative estimate of drug-likeness (QED) is 0.869. The summed E-state index contributed by atoms with van der Waals surface area (Å²) in [6, 6.07) is 5.71. The first-order chi connectivity index (χ1) is 9.51. The van der Waals surface area contributed by atoms with E-state index in [1.165, 1.54) is 6.20 Å². The minimum Gasteiger partial charge on any atom is -0.462 e. The molecule has 4 nitrogen and oxygen atoms in total. The van der Waals surface area contributed by atoms with Crippen molar-refractivity contribution in [3.05, 3.63) is 35.0 Å². The second-order valence-corrected chi connectivity index (χ2v) is 5.18. The van der Waals surface area contributed by atoms with Crippen LogP contribution in [0.4, 0.5) is 5.69 Å². The van der Waals surface area contributed by atoms with Gasteiger partial charge in [-0.2, -0.15) is 0 Å². The zero-order chi connectivity index (χ0) is 14.7. The maximum absolute atomic E-state index is 11.7. The first-order valence-electron chi connectivity index (χ1n) is 6.54. The Kier molecular flexibility index (Phi) is 4.45. The lowest BCUT2D eigenvalue weighted by molar-refractivity contribution is 0.0526. The van der Waals surface area contributed by atoms with Crippen LogP contribution < -0.4 is 5.32 Å². The van der Waals surface area contributed by atoms with Gasteiger partial charge in [-0.15, -0.1) is 0 Å². The standard InChI is InChI=1S/C15H17ClN2O2/c1-4-20-15(19)11-5-10-6-12(16)14(18-9(2)3)7-13(10)17-8-11/h5-9,18H,4H2,1-3H3. The van der Waals surface area contributed by atoms with E-state index in [0.717, 1.165) is 16.6 Å². The monoisotopic (exact) mass is 292 g/mol. The van der Waals surface area contributed by atoms with Crippen molar-refractivity contribution in [2.75, 3.05) is 11.9 Å². The molecule has 0 atom stereocenters. The largest absolute Gasteiger partial charge is 0.462 e. The van der Waals surface area contributed by atoms with E-state index in [4.69, 9.17) is 16.3 Å². The summed E-state index contributed by atoms with van der Waals surface area (Å²) in [6.07, 6.45) is 1.52. The minimum absolute atomic E-state index is 0.281. The zero-order valence-electron chi connectivity index (χ0n) is 11.7. The molecule has 0 aliphatic heterocycles. The van der Waals surface area contributed by atoms with E-state index in [2.05, 4.69) is 10.3 Å². The van der Waals surface area contributed by atoms with Crippen LogP contribution in [-0.4, -0.2) is 23.6 Å². The number of hydrogen-bond donors (Lipinski definition) is 1. The van der Waals surface area contributed by atoms with E-state index in [1.807, 2.05) is 19.9 Å². The first kappa shape index (κ1) is 14.6. The molecule has 106 valence electrons. The maximum Gasteiger partial charge on any atom is 0.339 e. The van der Waals surface area contributed by atoms with E-state index in [9.17, 15) is 4.79 Å². The molecule has 1 aromatic carbocycles. The number of benzene rings is 1. The molecule has 0 aliphatic carbocycles. The lowest BCUT2D eigenvalue weighted by Crippen LogP contribution is -2.10. The van der Waals surface area contributed by atoms with Crippen LogP contribution in [0.5, 0.6) is 0 Å². The third-order valence-electron chi connectivity index (χ3n) is 2.73. The van der Waals surface area contributed by atoms with Gasteiger partial charge in [0.05, 0.1) is 28.4 Å². The van der Waals surface area contributed by atoms with Crippen molar-refractivity contribution in [2.24, 2.45) is 0 Å². The highest BCUT2D eigenvalue weighted by Gasteiger charge is 2.10. The number of rotatable bonds is 4. The number of nitrogens with one attached hydrogen (secondary N) is 1. The molecule has 1 aromatic heterocycles. The van der Waals surface area contributed by atoms with Gasteiger partial charge in [0.1, 0.15) is 0 Å². The molecule has 1 heterocycles. The highest BCUT2D eigenvalue weighted by Crippen LogP contribution is 2.28. The van der Waals surface area contributed by atoms with Crippen LogP contribution in [0, 0.1) is 0 Å². The smallest absolute Gasteiger partial charge is 0.339 e. The van der Waals surface area contributed by atoms with Gasteiger partial charge in [-0.1, -0.05) is 11.6 Å². The van der Waals surface area contributed by atoms with E-state index >= 15 is 0 Å². The van der Waals surface area contributed by atoms with Crippen LogP contribution in [-0.2, 0) is 4.74 Å². The van der Waals surface area contributed by atoms with Gasteiger partial charge in [-0.25, -0.2) is 4.79 Å². The van der Waals surface area contributed by atoms with Gasteiger partial charge in [0.15, 0.2) is 0 Å². The molecule has 2 aromatic rings. The number of anilines is 1. The molecule has 0 amide bonds. The van der Waals surface area contributed by atoms with Gasteiger partial charge >= 0.3 is 5.97 Å². The lowest BCUT2D eigenvalue weighted by Gasteiger charge is -2.12. The molecule has 5 heteroatoms. The number of esters is 1. The Bertz CT molecular complexity index is 641. The van der Waals surface area contributed by atoms with Crippen LogP contribution in [0.3, 0.4) is 0 Å². The normalized spacial score (nSPS) is 10.8. The molecule has 0 bridgehead atoms. The lowest BCUT2D eigenvalue weighted by atomic mass is 10.1. The van der Waals surface area contributed by atoms with E-state index in [1.54, 1.807) is 19.1 Å². The number of carbonyl (C=O) groups is 1. The van der Waals surface area contributed by atoms with E-state index in [0.29, 0.717) is 17.2 Å². The van der Waals surface area contributed by atoms with Crippen LogP contribution in [0.15, 0.2) is 24.4 Å². The minimum atomic E-state index is -0.373. The number of pyridine rings is 1. The average molecular weight is 293 g/mol. The molecule has 20 heavy (non-hydrogen) atoms. The summed E-state index contributed by atoms with van der Waals surface area (Å²) in [6.45, 7) is 6.19. The SMILES string of the molecule is CCOC(=O)c1cnc2cc(NC(C)C)c(Cl)cc2c1. The molecule has 0 fully saturated rings. The summed E-state index contributed by atoms with van der Waals surface area (Å²) in [5.74, 6) is -0.373. The Hall–Kier alpha value is -1.81. The number of aromatic nitrogens is 1. The number of hydrogen-bond acceptors (Lipinski definition) is 4. The number of ether oxygens (including phenoxy) is 1. The summed E-state index contributed by atoms with van der Waals surface area (Å²) in [7, 11) is 0. The molecule has 1 N–H and O–H groups in total. The average Bonchev–Trinajstić information content (AvgIpc) is 2.39. The Morgan fingerprint density at radius 1 is 1.40 bits per heavy atom. The summed E-state index contributed by atoms with van der Waals surface area (Å²) in [4.78, 5) is 16.0. The number of nitrogens with zero attached hydrogens (tertiary/aromatic N) is 1. The Morgan fingerprint density at radius 2 is 2.15 bits per heavy atom. The van der Waals surface area contributed by atoms with Gasteiger partial charge in [-0.05, 0) is 39.0 Å². The maximum atomic E-state index is 11.7. The molecule has 0 spiro atoms. The van der Waals surface area contributed by atoms with Crippen molar-refractivity contribution < 1.29 is 9.53 Å². The molecular weight excluding hydrogens is 276 g/mol. The molecule has 0 aliphatic rings. The van der Waals surface area contributed by atoms with Gasteiger partial charge in [0.2, 0.25) is 0 Å². The fraction of sp³-hybridized carbons (Fsp3) is 0.333. The second kappa shape index (κ2) is 6.09. The van der Waals surface area contributed by atoms with Crippen molar-refractivity contribution in [3.63, 3.8) is 0 Å². The summed E-state index contributed by atoms with van der Waals surface area (Å²) in [5.41, 5.74) is 2.05. The zero-order valence-corrected chi connectivity index (χ0v) is 12.5. The second-order valence-electron chi connectivity index (χ2n) is 4.77. The molecule has 0 unspecified atom stereocenters. The van der Waals surface area contributed by atoms with Gasteiger partial charge in [0, 0.05) is 17.6 Å². The van der Waals surface area contributed by atoms with Crippen LogP contribution in [0.25, 0.3) is 10.9 Å². The summed E-state index contributed by atoms with van der Waals surface area (Å²) >= 11 is 6.23. The Balaban J connectivity index is 2.42. The van der Waals surface area contributed by atoms with Crippen LogP contribution in [0.1, 0.15) is 31.1 Å². The third-order valence-corrected chi connectivity index (χ3v) is 3.04. The predicted molar refractivity (Wildman–Crippen MR) is 81.5 cm³/mol. The summed E-state index contributed by atoms with van der Waals surface area (Å²) < 4.78 is 4.96. The van der Waals surface area contributed by atoms with Gasteiger partial charge in [0.25, 0.3) is 0 Å². The molecule has 0 radical (unpaired) electrons. The number of halogens is 1. The van der Waals surface area contributed by atoms with Crippen molar-refractivity contribution in [2.45, 2.75) is 26.8 Å². The Labute approximate surface area is 123 Å². The van der Waals surface area contributed by atoms with Gasteiger partial charge < -0.3 is 10.1 Å². The van der Waals surface area contributed by atoms with Crippen LogP contribution >= 0.6 is 11.6 Å². The highest BCUT2D eigenvalue weighted by atomic mass is 35.5. The highest BCUT2D eigenvalue weighted by molar-refractivity contribution is 6.34. The number of fused-ring (bicyclic) bond motifs is 1. The predicted octanol–water partition coefficient (Wildman–Crippen LogP) is 3.89. The van der Waals surface area contributed by atoms with Crippen molar-refractivity contribution in [3.8, 4) is 0 Å². The van der Waals surface area contributed by atoms with Gasteiger partial charge in [-0.3, -0.25) is 4.98 Å². The fourth-order valence-electron chi connectivity index (χ4n) is 1.90. The van der Waals surface area contributed by atoms with Crippen molar-refractivity contribution >= 4 is 34.2 Å². The Morgan fingerprint density at radius 3 is 2.80 bits per heavy atom. The van der Waals surface area contributed by atoms with Crippen LogP contribution in [0.2, 0.25) is 5.02 Å². The van der Waals surface area contributed by atoms with E-state index < -0.39 is 0 Å². The van der Waals surface area contributed by atoms with Crippen molar-refractivity contribution in [1.82, 2.24) is 4.98 Å². The van der Waals surface area contributed by atoms with Crippen molar-refractivity contribution in [1.29, 1.82) is 0 Å². The topological polar surface area (TPSA) is 51.2 Å². The molecule has 0 saturated carbocycles. The number of carbonyl (C=O) groups excluding carboxylic acids is 1. The summed E-state index contributed by atoms with van der Waals surface area (Å²) in [5, 5.41) is 4.68. The fourth-order valence-corrected chi connectivity index (χ4v) is 2.12. The molecule has 0 saturated heterocycles. The molecule has 2 rings (SSSR count). The molecular formula is C15H17ClN2O2.